The van der Waals surface area contributed by atoms with Crippen LogP contribution < -0.4 is 0 Å². The van der Waals surface area contributed by atoms with E-state index < -0.39 is 11.9 Å². The van der Waals surface area contributed by atoms with Crippen molar-refractivity contribution in [2.24, 2.45) is 5.92 Å². The summed E-state index contributed by atoms with van der Waals surface area (Å²) < 4.78 is 1.99. The molecule has 0 fully saturated rings. The molecule has 1 aromatic carbocycles. The lowest BCUT2D eigenvalue weighted by atomic mass is 9.97. The van der Waals surface area contributed by atoms with Gasteiger partial charge in [0.15, 0.2) is 4.34 Å². The number of nitrogens with zero attached hydrogens (tertiary/aromatic N) is 2. The average molecular weight is 507 g/mol. The smallest absolute Gasteiger partial charge is 0.308 e. The molecule has 1 aromatic heterocycles. The number of carboxylic acid groups (broad SMARTS) is 1. The number of benzene rings is 1. The molecular formula is C27H42N2O3S2. The monoisotopic (exact) mass is 506 g/mol. The number of unbranched alkanes of at least 4 members (excludes halogenated alkanes) is 6. The molecule has 1 amide bonds. The van der Waals surface area contributed by atoms with Gasteiger partial charge in [-0.3, -0.25) is 9.59 Å². The first-order chi connectivity index (χ1) is 16.5. The van der Waals surface area contributed by atoms with Crippen molar-refractivity contribution in [3.05, 3.63) is 24.3 Å². The van der Waals surface area contributed by atoms with Crippen LogP contribution in [0.25, 0.3) is 10.2 Å². The molecule has 190 valence electrons. The zero-order valence-corrected chi connectivity index (χ0v) is 22.8. The fourth-order valence-electron chi connectivity index (χ4n) is 4.17. The van der Waals surface area contributed by atoms with E-state index >= 15 is 0 Å². The van der Waals surface area contributed by atoms with Crippen LogP contribution in [0.3, 0.4) is 0 Å². The van der Waals surface area contributed by atoms with E-state index in [-0.39, 0.29) is 17.6 Å². The Morgan fingerprint density at radius 2 is 1.62 bits per heavy atom. The molecule has 0 aliphatic heterocycles. The molecule has 2 rings (SSSR count). The van der Waals surface area contributed by atoms with Gasteiger partial charge in [0.05, 0.1) is 16.1 Å². The lowest BCUT2D eigenvalue weighted by Crippen LogP contribution is -2.38. The quantitative estimate of drug-likeness (QED) is 0.166. The van der Waals surface area contributed by atoms with Crippen molar-refractivity contribution in [2.75, 3.05) is 13.1 Å². The van der Waals surface area contributed by atoms with Gasteiger partial charge < -0.3 is 10.0 Å². The van der Waals surface area contributed by atoms with Crippen LogP contribution in [-0.2, 0) is 9.59 Å². The number of carboxylic acids is 1. The van der Waals surface area contributed by atoms with Crippen LogP contribution >= 0.6 is 23.1 Å². The van der Waals surface area contributed by atoms with Crippen molar-refractivity contribution in [1.29, 1.82) is 0 Å². The molecule has 0 spiro atoms. The van der Waals surface area contributed by atoms with Gasteiger partial charge in [-0.05, 0) is 31.4 Å². The Kier molecular flexibility index (Phi) is 13.6. The first-order valence-corrected chi connectivity index (χ1v) is 14.7. The van der Waals surface area contributed by atoms with E-state index in [9.17, 15) is 14.7 Å². The molecule has 1 heterocycles. The van der Waals surface area contributed by atoms with Crippen LogP contribution in [0.15, 0.2) is 28.6 Å². The maximum absolute atomic E-state index is 13.3. The second-order valence-corrected chi connectivity index (χ2v) is 11.6. The first-order valence-electron chi connectivity index (χ1n) is 13.0. The van der Waals surface area contributed by atoms with Gasteiger partial charge in [-0.15, -0.1) is 11.3 Å². The number of thiazole rings is 1. The van der Waals surface area contributed by atoms with Crippen LogP contribution in [0.5, 0.6) is 0 Å². The summed E-state index contributed by atoms with van der Waals surface area (Å²) in [5.74, 6) is -1.60. The van der Waals surface area contributed by atoms with Gasteiger partial charge in [-0.1, -0.05) is 89.6 Å². The van der Waals surface area contributed by atoms with Crippen LogP contribution in [0.2, 0.25) is 0 Å². The summed E-state index contributed by atoms with van der Waals surface area (Å²) in [5.41, 5.74) is 0.943. The maximum Gasteiger partial charge on any atom is 0.308 e. The summed E-state index contributed by atoms with van der Waals surface area (Å²) in [5, 5.41) is 9.94. The normalized spacial score (nSPS) is 13.1. The SMILES string of the molecule is CCCCCCN(CCCCCC)C(=O)CC(C(=O)O)C(CCC)Sc1nc2ccccc2s1. The van der Waals surface area contributed by atoms with Gasteiger partial charge >= 0.3 is 5.97 Å². The standard InChI is InChI=1S/C27H42N2O3S2/c1-4-7-9-13-18-29(19-14-10-8-5-2)25(30)20-21(26(31)32)23(15-6-3)33-27-28-22-16-11-12-17-24(22)34-27/h11-12,16-17,21,23H,4-10,13-15,18-20H2,1-3H3,(H,31,32). The number of amides is 1. The topological polar surface area (TPSA) is 70.5 Å². The summed E-state index contributed by atoms with van der Waals surface area (Å²) >= 11 is 3.13. The van der Waals surface area contributed by atoms with Gasteiger partial charge in [-0.25, -0.2) is 4.98 Å². The number of rotatable bonds is 18. The van der Waals surface area contributed by atoms with E-state index in [4.69, 9.17) is 4.98 Å². The number of fused-ring (bicyclic) bond motifs is 1. The molecule has 0 saturated heterocycles. The van der Waals surface area contributed by atoms with Crippen molar-refractivity contribution in [1.82, 2.24) is 9.88 Å². The molecular weight excluding hydrogens is 464 g/mol. The number of carbonyl (C=O) groups excluding carboxylic acids is 1. The van der Waals surface area contributed by atoms with Gasteiger partial charge in [0.25, 0.3) is 0 Å². The first kappa shape index (κ1) is 28.6. The summed E-state index contributed by atoms with van der Waals surface area (Å²) in [6, 6.07) is 7.98. The van der Waals surface area contributed by atoms with Crippen LogP contribution in [0.4, 0.5) is 0 Å². The van der Waals surface area contributed by atoms with Crippen molar-refractivity contribution in [3.8, 4) is 0 Å². The zero-order chi connectivity index (χ0) is 24.8. The molecule has 0 saturated carbocycles. The minimum absolute atomic E-state index is 0.00796. The van der Waals surface area contributed by atoms with E-state index in [1.165, 1.54) is 24.6 Å². The van der Waals surface area contributed by atoms with Crippen LogP contribution in [-0.4, -0.2) is 45.2 Å². The van der Waals surface area contributed by atoms with Gasteiger partial charge in [0.2, 0.25) is 5.91 Å². The molecule has 34 heavy (non-hydrogen) atoms. The molecule has 2 atom stereocenters. The number of hydrogen-bond acceptors (Lipinski definition) is 5. The number of aliphatic carboxylic acids is 1. The molecule has 2 aromatic rings. The molecule has 0 aliphatic rings. The maximum atomic E-state index is 13.3. The third-order valence-electron chi connectivity index (χ3n) is 6.18. The lowest BCUT2D eigenvalue weighted by molar-refractivity contribution is -0.146. The van der Waals surface area contributed by atoms with E-state index in [0.29, 0.717) is 0 Å². The minimum Gasteiger partial charge on any atom is -0.481 e. The highest BCUT2D eigenvalue weighted by atomic mass is 32.2. The Balaban J connectivity index is 2.10. The molecule has 5 nitrogen and oxygen atoms in total. The Morgan fingerprint density at radius 1 is 0.971 bits per heavy atom. The molecule has 0 radical (unpaired) electrons. The summed E-state index contributed by atoms with van der Waals surface area (Å²) in [6.45, 7) is 7.91. The highest BCUT2D eigenvalue weighted by molar-refractivity contribution is 8.01. The Labute approximate surface area is 213 Å². The third kappa shape index (κ3) is 9.57. The van der Waals surface area contributed by atoms with Gasteiger partial charge in [0, 0.05) is 24.8 Å². The fourth-order valence-corrected chi connectivity index (χ4v) is 6.84. The largest absolute Gasteiger partial charge is 0.481 e. The minimum atomic E-state index is -0.877. The molecule has 1 N–H and O–H groups in total. The van der Waals surface area contributed by atoms with Crippen molar-refractivity contribution in [2.45, 2.75) is 101 Å². The fraction of sp³-hybridized carbons (Fsp3) is 0.667. The highest BCUT2D eigenvalue weighted by Gasteiger charge is 2.33. The number of thioether (sulfide) groups is 1. The van der Waals surface area contributed by atoms with Gasteiger partial charge in [-0.2, -0.15) is 0 Å². The highest BCUT2D eigenvalue weighted by Crippen LogP contribution is 2.37. The van der Waals surface area contributed by atoms with Crippen molar-refractivity contribution in [3.63, 3.8) is 0 Å². The lowest BCUT2D eigenvalue weighted by Gasteiger charge is -2.27. The number of carbonyl (C=O) groups is 2. The summed E-state index contributed by atoms with van der Waals surface area (Å²) in [4.78, 5) is 32.3. The molecule has 7 heteroatoms. The Hall–Kier alpha value is -1.60. The summed E-state index contributed by atoms with van der Waals surface area (Å²) in [7, 11) is 0. The Bertz CT molecular complexity index is 825. The number of hydrogen-bond donors (Lipinski definition) is 1. The average Bonchev–Trinajstić information content (AvgIpc) is 3.23. The Morgan fingerprint density at radius 3 is 2.18 bits per heavy atom. The van der Waals surface area contributed by atoms with Crippen molar-refractivity contribution < 1.29 is 14.7 Å². The third-order valence-corrected chi connectivity index (χ3v) is 8.71. The molecule has 0 aliphatic carbocycles. The van der Waals surface area contributed by atoms with E-state index in [1.807, 2.05) is 29.2 Å². The van der Waals surface area contributed by atoms with E-state index in [0.717, 1.165) is 79.0 Å². The van der Waals surface area contributed by atoms with E-state index in [1.54, 1.807) is 11.3 Å². The number of aromatic nitrogens is 1. The zero-order valence-electron chi connectivity index (χ0n) is 21.1. The van der Waals surface area contributed by atoms with Crippen molar-refractivity contribution >= 4 is 45.2 Å². The molecule has 2 unspecified atom stereocenters. The van der Waals surface area contributed by atoms with Crippen LogP contribution in [0.1, 0.15) is 91.4 Å². The second kappa shape index (κ2) is 16.1. The van der Waals surface area contributed by atoms with Gasteiger partial charge in [0.1, 0.15) is 0 Å². The second-order valence-electron chi connectivity index (χ2n) is 9.04. The van der Waals surface area contributed by atoms with Crippen LogP contribution in [0, 0.1) is 5.92 Å². The number of para-hydroxylation sites is 1. The van der Waals surface area contributed by atoms with E-state index in [2.05, 4.69) is 20.8 Å². The predicted octanol–water partition coefficient (Wildman–Crippen LogP) is 7.64. The molecule has 0 bridgehead atoms. The predicted molar refractivity (Wildman–Crippen MR) is 145 cm³/mol. The summed E-state index contributed by atoms with van der Waals surface area (Å²) in [6.07, 6.45) is 10.6.